The van der Waals surface area contributed by atoms with Gasteiger partial charge in [0.25, 0.3) is 0 Å². The number of hydrogen-bond donors (Lipinski definition) is 6. The number of anilines is 6. The number of unbranched alkanes of at least 4 members (excludes halogenated alkanes) is 18. The fourth-order valence-electron chi connectivity index (χ4n) is 11.7. The van der Waals surface area contributed by atoms with Crippen molar-refractivity contribution in [2.24, 2.45) is 0 Å². The van der Waals surface area contributed by atoms with Crippen molar-refractivity contribution in [3.05, 3.63) is 174 Å². The Morgan fingerprint density at radius 3 is 0.667 bits per heavy atom. The van der Waals surface area contributed by atoms with Crippen molar-refractivity contribution in [2.45, 2.75) is 231 Å². The number of nitrogens with zero attached hydrogens (tertiary/aromatic N) is 8. The van der Waals surface area contributed by atoms with E-state index in [-0.39, 0.29) is 85.6 Å². The maximum atomic E-state index is 13.6. The van der Waals surface area contributed by atoms with Crippen molar-refractivity contribution in [3.8, 4) is 17.9 Å². The summed E-state index contributed by atoms with van der Waals surface area (Å²) in [6.07, 6.45) is 22.3. The highest BCUT2D eigenvalue weighted by Gasteiger charge is 2.18. The second kappa shape index (κ2) is 65.3. The van der Waals surface area contributed by atoms with E-state index in [1.54, 1.807) is 155 Å². The van der Waals surface area contributed by atoms with Gasteiger partial charge in [0.05, 0.1) is 36.1 Å². The lowest BCUT2D eigenvalue weighted by Crippen LogP contribution is -2.26. The van der Waals surface area contributed by atoms with Gasteiger partial charge in [0.15, 0.2) is 0 Å². The minimum Gasteiger partial charge on any atom is -0.497 e. The van der Waals surface area contributed by atoms with Crippen LogP contribution in [0.1, 0.15) is 242 Å². The molecule has 0 aromatic heterocycles. The third kappa shape index (κ3) is 51.7. The van der Waals surface area contributed by atoms with Gasteiger partial charge in [-0.05, 0) is 211 Å². The lowest BCUT2D eigenvalue weighted by molar-refractivity contribution is -0.138. The van der Waals surface area contributed by atoms with Crippen LogP contribution in [0.5, 0.6) is 5.75 Å². The largest absolute Gasteiger partial charge is 0.497 e. The number of carbonyl (C=O) groups is 12. The molecule has 0 heterocycles. The Labute approximate surface area is 720 Å². The van der Waals surface area contributed by atoms with Crippen LogP contribution in [-0.2, 0) is 57.5 Å². The fourth-order valence-corrected chi connectivity index (χ4v) is 11.7. The third-order valence-corrected chi connectivity index (χ3v) is 19.3. The number of rotatable bonds is 49. The quantitative estimate of drug-likeness (QED) is 0.0193. The van der Waals surface area contributed by atoms with Crippen molar-refractivity contribution in [2.75, 3.05) is 78.8 Å². The summed E-state index contributed by atoms with van der Waals surface area (Å²) in [5.74, 6) is -5.02. The topological polar surface area (TPSA) is 402 Å². The fraction of sp³-hybridized carbons (Fsp3) is 0.462. The molecule has 0 atom stereocenters. The first-order chi connectivity index (χ1) is 58.6. The van der Waals surface area contributed by atoms with E-state index < -0.39 is 41.6 Å². The summed E-state index contributed by atoms with van der Waals surface area (Å²) < 4.78 is 44.2. The molecular formula is C93H123F3N8O19. The summed E-state index contributed by atoms with van der Waals surface area (Å²) >= 11 is 0. The minimum absolute atomic E-state index is 0.00661. The van der Waals surface area contributed by atoms with E-state index in [2.05, 4.69) is 0 Å². The Hall–Kier alpha value is -12.5. The van der Waals surface area contributed by atoms with Crippen molar-refractivity contribution >= 4 is 105 Å². The summed E-state index contributed by atoms with van der Waals surface area (Å²) in [5, 5.41) is 68.5. The molecule has 0 aliphatic rings. The molecule has 0 bridgehead atoms. The molecule has 0 aliphatic carbocycles. The highest BCUT2D eigenvalue weighted by Crippen LogP contribution is 2.24. The standard InChI is InChI=1S/2C16H22FNO3.C16H20N2O3.C15H20FNO3.C15H18N2O3.C15H21NO4/c1-18(14-10-8-7-9-13(14)17)15(19)11-5-3-2-4-6-12-16(20)21;1-18(14-11-9-13(17)10-12-14)15(19)7-5-3-2-4-6-8-16(20)21;1-18(14-10-8-13(12-17)9-11-14)15(19)6-4-2-3-5-7-16(20)21;1-17(13-10-8-12(16)9-11-13)14(18)6-4-2-3-5-7-15(19)20;1-17(13-9-7-12(11-16)8-10-13)14(18)5-3-2-4-6-15(19)20;1-16(12-8-10-13(20-2)11-9-12)14(17)6-4-3-5-7-15(18)19/h7-10H,2-6,11-12H2,1H3,(H,20,21);9-12H,2-8H2,1H3,(H,20,21);8-11H,2-7H2,1H3,(H,20,21);8-11H,2-7H2,1H3,(H,19,20);7-10H,2-6H2,1H3,(H,19,20);8-11H,3-7H2,1-2H3,(H,18,19). The van der Waals surface area contributed by atoms with Crippen LogP contribution in [0.2, 0.25) is 0 Å². The normalized spacial score (nSPS) is 10.1. The van der Waals surface area contributed by atoms with Crippen LogP contribution in [-0.4, -0.2) is 151 Å². The Balaban J connectivity index is 0.000000738. The van der Waals surface area contributed by atoms with Crippen molar-refractivity contribution < 1.29 is 106 Å². The lowest BCUT2D eigenvalue weighted by Gasteiger charge is -2.17. The van der Waals surface area contributed by atoms with Crippen LogP contribution in [0.25, 0.3) is 0 Å². The van der Waals surface area contributed by atoms with E-state index in [1.165, 1.54) is 45.0 Å². The van der Waals surface area contributed by atoms with Crippen molar-refractivity contribution in [1.82, 2.24) is 0 Å². The summed E-state index contributed by atoms with van der Waals surface area (Å²) in [6, 6.07) is 42.9. The summed E-state index contributed by atoms with van der Waals surface area (Å²) in [4.78, 5) is 143. The first-order valence-electron chi connectivity index (χ1n) is 41.5. The number of amides is 6. The summed E-state index contributed by atoms with van der Waals surface area (Å²) in [6.45, 7) is 0. The molecule has 0 saturated carbocycles. The van der Waals surface area contributed by atoms with Gasteiger partial charge in [-0.1, -0.05) is 89.2 Å². The molecule has 6 aromatic rings. The second-order valence-electron chi connectivity index (χ2n) is 29.0. The van der Waals surface area contributed by atoms with Gasteiger partial charge in [0.1, 0.15) is 23.2 Å². The molecule has 0 aliphatic heterocycles. The zero-order chi connectivity index (χ0) is 91.9. The zero-order valence-electron chi connectivity index (χ0n) is 72.0. The van der Waals surface area contributed by atoms with Gasteiger partial charge >= 0.3 is 35.8 Å². The number of benzene rings is 6. The number of para-hydroxylation sites is 1. The van der Waals surface area contributed by atoms with Crippen LogP contribution >= 0.6 is 0 Å². The molecule has 30 heteroatoms. The predicted molar refractivity (Wildman–Crippen MR) is 467 cm³/mol. The molecule has 6 N–H and O–H groups in total. The molecule has 0 unspecified atom stereocenters. The maximum absolute atomic E-state index is 13.6. The van der Waals surface area contributed by atoms with Gasteiger partial charge in [-0.15, -0.1) is 0 Å². The molecule has 0 saturated heterocycles. The number of carbonyl (C=O) groups excluding carboxylic acids is 6. The van der Waals surface area contributed by atoms with E-state index >= 15 is 0 Å². The van der Waals surface area contributed by atoms with Gasteiger partial charge in [0.2, 0.25) is 35.4 Å². The lowest BCUT2D eigenvalue weighted by atomic mass is 10.1. The number of carboxylic acid groups (broad SMARTS) is 6. The Morgan fingerprint density at radius 1 is 0.268 bits per heavy atom. The van der Waals surface area contributed by atoms with Gasteiger partial charge in [-0.25, -0.2) is 13.2 Å². The van der Waals surface area contributed by atoms with Crippen LogP contribution in [0.3, 0.4) is 0 Å². The summed E-state index contributed by atoms with van der Waals surface area (Å²) in [7, 11) is 11.7. The molecule has 27 nitrogen and oxygen atoms in total. The van der Waals surface area contributed by atoms with E-state index in [4.69, 9.17) is 45.9 Å². The van der Waals surface area contributed by atoms with E-state index in [0.717, 1.165) is 126 Å². The highest BCUT2D eigenvalue weighted by molar-refractivity contribution is 5.96. The van der Waals surface area contributed by atoms with Crippen molar-refractivity contribution in [1.29, 1.82) is 10.5 Å². The van der Waals surface area contributed by atoms with Crippen LogP contribution < -0.4 is 34.1 Å². The third-order valence-electron chi connectivity index (χ3n) is 19.3. The predicted octanol–water partition coefficient (Wildman–Crippen LogP) is 18.6. The first-order valence-corrected chi connectivity index (χ1v) is 41.5. The van der Waals surface area contributed by atoms with Crippen molar-refractivity contribution in [3.63, 3.8) is 0 Å². The first kappa shape index (κ1) is 109. The van der Waals surface area contributed by atoms with E-state index in [0.29, 0.717) is 118 Å². The SMILES string of the molecule is CN(C(=O)CCCCCC(=O)O)c1ccc(C#N)cc1.CN(C(=O)CCCCCCC(=O)O)c1ccc(C#N)cc1.CN(C(=O)CCCCCCC(=O)O)c1ccc(F)cc1.CN(C(=O)CCCCCCCC(=O)O)c1ccc(F)cc1.CN(C(=O)CCCCCCCC(=O)O)c1ccccc1F.COc1ccc(N(C)C(=O)CCCCCC(=O)O)cc1. The summed E-state index contributed by atoms with van der Waals surface area (Å²) in [5.41, 5.74) is 5.11. The average molecular weight is 1710 g/mol. The van der Waals surface area contributed by atoms with Crippen LogP contribution in [0, 0.1) is 40.1 Å². The van der Waals surface area contributed by atoms with E-state index in [1.807, 2.05) is 36.4 Å². The minimum atomic E-state index is -0.800. The van der Waals surface area contributed by atoms with Gasteiger partial charge in [-0.2, -0.15) is 10.5 Å². The molecule has 6 amide bonds. The van der Waals surface area contributed by atoms with E-state index in [9.17, 15) is 70.7 Å². The number of hydrogen-bond acceptors (Lipinski definition) is 15. The molecule has 0 spiro atoms. The highest BCUT2D eigenvalue weighted by atomic mass is 19.1. The number of carboxylic acids is 6. The average Bonchev–Trinajstić information content (AvgIpc) is 0.886. The van der Waals surface area contributed by atoms with Crippen LogP contribution in [0.4, 0.5) is 47.3 Å². The molecular weight excluding hydrogens is 1590 g/mol. The molecule has 6 rings (SSSR count). The molecule has 6 aromatic carbocycles. The smallest absolute Gasteiger partial charge is 0.303 e. The zero-order valence-corrected chi connectivity index (χ0v) is 72.0. The number of nitriles is 2. The Bertz CT molecular complexity index is 4240. The molecule has 0 fully saturated rings. The molecule has 123 heavy (non-hydrogen) atoms. The monoisotopic (exact) mass is 1710 g/mol. The van der Waals surface area contributed by atoms with Gasteiger partial charge in [0, 0.05) is 148 Å². The maximum Gasteiger partial charge on any atom is 0.303 e. The van der Waals surface area contributed by atoms with Gasteiger partial charge < -0.3 is 64.8 Å². The number of aliphatic carboxylic acids is 6. The second-order valence-corrected chi connectivity index (χ2v) is 29.0. The molecule has 0 radical (unpaired) electrons. The number of ether oxygens (including phenoxy) is 1. The van der Waals surface area contributed by atoms with Gasteiger partial charge in [-0.3, -0.25) is 57.5 Å². The number of methoxy groups -OCH3 is 1. The molecule has 670 valence electrons. The van der Waals surface area contributed by atoms with Crippen LogP contribution in [0.15, 0.2) is 146 Å². The Morgan fingerprint density at radius 2 is 0.455 bits per heavy atom. The Kier molecular flexibility index (Phi) is 57.6. The number of halogens is 3.